The van der Waals surface area contributed by atoms with Gasteiger partial charge < -0.3 is 4.98 Å². The number of benzene rings is 2. The highest BCUT2D eigenvalue weighted by atomic mass is 35.5. The van der Waals surface area contributed by atoms with E-state index in [1.165, 1.54) is 0 Å². The Balaban J connectivity index is 1.61. The minimum absolute atomic E-state index is 0.201. The van der Waals surface area contributed by atoms with Gasteiger partial charge in [-0.3, -0.25) is 9.25 Å². The molecule has 3 heterocycles. The molecule has 138 valence electrons. The number of imidazole rings is 1. The van der Waals surface area contributed by atoms with Gasteiger partial charge in [-0.2, -0.15) is 5.10 Å². The number of hydrogen-bond donors (Lipinski definition) is 1. The van der Waals surface area contributed by atoms with Crippen LogP contribution in [0.15, 0.2) is 71.8 Å². The number of aromatic nitrogens is 5. The van der Waals surface area contributed by atoms with E-state index in [4.69, 9.17) is 11.6 Å². The smallest absolute Gasteiger partial charge is 0.303 e. The van der Waals surface area contributed by atoms with E-state index in [2.05, 4.69) is 27.2 Å². The Hall–Kier alpha value is -3.38. The second-order valence-electron chi connectivity index (χ2n) is 6.68. The quantitative estimate of drug-likeness (QED) is 0.475. The van der Waals surface area contributed by atoms with Crippen LogP contribution >= 0.6 is 11.6 Å². The molecule has 0 aliphatic heterocycles. The lowest BCUT2D eigenvalue weighted by Crippen LogP contribution is -2.17. The molecule has 0 aliphatic rings. The molecule has 0 amide bonds. The van der Waals surface area contributed by atoms with Gasteiger partial charge in [0.05, 0.1) is 24.1 Å². The van der Waals surface area contributed by atoms with Crippen LogP contribution < -0.4 is 5.69 Å². The summed E-state index contributed by atoms with van der Waals surface area (Å²) in [7, 11) is 0. The van der Waals surface area contributed by atoms with Crippen molar-refractivity contribution in [3.8, 4) is 0 Å². The summed E-state index contributed by atoms with van der Waals surface area (Å²) < 4.78 is 3.59. The Morgan fingerprint density at radius 2 is 1.82 bits per heavy atom. The van der Waals surface area contributed by atoms with Gasteiger partial charge in [-0.05, 0) is 23.3 Å². The molecule has 0 spiro atoms. The molecule has 0 fully saturated rings. The summed E-state index contributed by atoms with van der Waals surface area (Å²) in [6.45, 7) is 1.12. The van der Waals surface area contributed by atoms with Gasteiger partial charge in [0.2, 0.25) is 0 Å². The molecule has 6 nitrogen and oxygen atoms in total. The number of nitrogens with zero attached hydrogens (tertiary/aromatic N) is 4. The van der Waals surface area contributed by atoms with Crippen LogP contribution in [0.5, 0.6) is 0 Å². The molecule has 3 aromatic heterocycles. The molecule has 0 aliphatic carbocycles. The van der Waals surface area contributed by atoms with Crippen molar-refractivity contribution in [1.29, 1.82) is 0 Å². The van der Waals surface area contributed by atoms with Crippen LogP contribution in [0.1, 0.15) is 11.1 Å². The third-order valence-electron chi connectivity index (χ3n) is 4.80. The van der Waals surface area contributed by atoms with E-state index in [0.717, 1.165) is 27.5 Å². The summed E-state index contributed by atoms with van der Waals surface area (Å²) in [4.78, 5) is 19.9. The molecule has 2 aromatic carbocycles. The third kappa shape index (κ3) is 2.88. The topological polar surface area (TPSA) is 68.5 Å². The van der Waals surface area contributed by atoms with E-state index in [0.29, 0.717) is 23.8 Å². The van der Waals surface area contributed by atoms with Gasteiger partial charge in [-0.15, -0.1) is 0 Å². The maximum absolute atomic E-state index is 12.7. The summed E-state index contributed by atoms with van der Waals surface area (Å²) in [5.74, 6) is 0. The molecule has 1 N–H and O–H groups in total. The van der Waals surface area contributed by atoms with Gasteiger partial charge in [0.15, 0.2) is 5.15 Å². The number of para-hydroxylation sites is 1. The van der Waals surface area contributed by atoms with E-state index < -0.39 is 0 Å². The predicted octanol–water partition coefficient (Wildman–Crippen LogP) is 3.82. The first-order valence-electron chi connectivity index (χ1n) is 8.91. The number of pyridine rings is 1. The minimum Gasteiger partial charge on any atom is -0.303 e. The van der Waals surface area contributed by atoms with Gasteiger partial charge in [-0.1, -0.05) is 54.1 Å². The highest BCUT2D eigenvalue weighted by Gasteiger charge is 2.15. The fraction of sp³-hybridized carbons (Fsp3) is 0.0952. The predicted molar refractivity (Wildman–Crippen MR) is 110 cm³/mol. The maximum Gasteiger partial charge on any atom is 0.326 e. The molecule has 0 radical (unpaired) electrons. The number of aromatic amines is 1. The number of rotatable bonds is 4. The Morgan fingerprint density at radius 3 is 2.64 bits per heavy atom. The monoisotopic (exact) mass is 389 g/mol. The first kappa shape index (κ1) is 16.8. The summed E-state index contributed by atoms with van der Waals surface area (Å²) in [6, 6.07) is 17.8. The zero-order chi connectivity index (χ0) is 19.1. The number of H-pyrrole nitrogens is 1. The van der Waals surface area contributed by atoms with Gasteiger partial charge in [0, 0.05) is 17.8 Å². The molecule has 0 saturated heterocycles. The maximum atomic E-state index is 12.7. The largest absolute Gasteiger partial charge is 0.326 e. The Labute approximate surface area is 165 Å². The Bertz CT molecular complexity index is 1350. The molecular formula is C21H16ClN5O. The van der Waals surface area contributed by atoms with E-state index in [-0.39, 0.29) is 5.69 Å². The van der Waals surface area contributed by atoms with Gasteiger partial charge in [0.25, 0.3) is 0 Å². The highest BCUT2D eigenvalue weighted by Crippen LogP contribution is 2.27. The summed E-state index contributed by atoms with van der Waals surface area (Å²) in [5, 5.41) is 5.45. The summed E-state index contributed by atoms with van der Waals surface area (Å²) in [5.41, 5.74) is 4.06. The minimum atomic E-state index is -0.201. The normalized spacial score (nSPS) is 11.5. The van der Waals surface area contributed by atoms with Crippen LogP contribution in [0.3, 0.4) is 0 Å². The van der Waals surface area contributed by atoms with Crippen molar-refractivity contribution in [2.24, 2.45) is 0 Å². The van der Waals surface area contributed by atoms with Crippen LogP contribution in [0.25, 0.3) is 21.9 Å². The second-order valence-corrected chi connectivity index (χ2v) is 7.04. The van der Waals surface area contributed by atoms with Gasteiger partial charge >= 0.3 is 5.69 Å². The lowest BCUT2D eigenvalue weighted by molar-refractivity contribution is 0.685. The average molecular weight is 390 g/mol. The summed E-state index contributed by atoms with van der Waals surface area (Å²) in [6.07, 6.45) is 3.69. The van der Waals surface area contributed by atoms with Crippen molar-refractivity contribution in [3.05, 3.63) is 93.8 Å². The van der Waals surface area contributed by atoms with Gasteiger partial charge in [-0.25, -0.2) is 9.78 Å². The average Bonchev–Trinajstić information content (AvgIpc) is 3.31. The molecule has 0 unspecified atom stereocenters. The van der Waals surface area contributed by atoms with E-state index in [1.807, 2.05) is 53.3 Å². The second kappa shape index (κ2) is 6.65. The number of fused-ring (bicyclic) bond motifs is 3. The zero-order valence-electron chi connectivity index (χ0n) is 14.8. The molecule has 28 heavy (non-hydrogen) atoms. The third-order valence-corrected chi connectivity index (χ3v) is 5.08. The standard InChI is InChI=1S/C21H16ClN5O/c22-20-18-19(16-7-1-2-8-17(16)24-20)27(21(28)25-18)13-15-6-3-5-14(11-15)12-26-10-4-9-23-26/h1-11H,12-13H2,(H,25,28). The number of halogens is 1. The zero-order valence-corrected chi connectivity index (χ0v) is 15.6. The van der Waals surface area contributed by atoms with Crippen molar-refractivity contribution >= 4 is 33.5 Å². The van der Waals surface area contributed by atoms with Crippen molar-refractivity contribution in [2.75, 3.05) is 0 Å². The van der Waals surface area contributed by atoms with E-state index in [9.17, 15) is 4.79 Å². The van der Waals surface area contributed by atoms with E-state index >= 15 is 0 Å². The molecule has 5 aromatic rings. The van der Waals surface area contributed by atoms with Crippen LogP contribution in [-0.2, 0) is 13.1 Å². The first-order valence-corrected chi connectivity index (χ1v) is 9.29. The fourth-order valence-corrected chi connectivity index (χ4v) is 3.80. The molecule has 0 bridgehead atoms. The Morgan fingerprint density at radius 1 is 1.00 bits per heavy atom. The van der Waals surface area contributed by atoms with Crippen molar-refractivity contribution in [2.45, 2.75) is 13.1 Å². The van der Waals surface area contributed by atoms with Crippen molar-refractivity contribution in [1.82, 2.24) is 24.3 Å². The molecular weight excluding hydrogens is 374 g/mol. The van der Waals surface area contributed by atoms with E-state index in [1.54, 1.807) is 10.8 Å². The molecule has 5 rings (SSSR count). The number of nitrogens with one attached hydrogen (secondary N) is 1. The molecule has 0 atom stereocenters. The lowest BCUT2D eigenvalue weighted by atomic mass is 10.1. The van der Waals surface area contributed by atoms with Crippen molar-refractivity contribution < 1.29 is 0 Å². The highest BCUT2D eigenvalue weighted by molar-refractivity contribution is 6.35. The SMILES string of the molecule is O=c1[nH]c2c(Cl)nc3ccccc3c2n1Cc1cccc(Cn2cccn2)c1. The van der Waals surface area contributed by atoms with Crippen LogP contribution in [-0.4, -0.2) is 24.3 Å². The van der Waals surface area contributed by atoms with Crippen LogP contribution in [0, 0.1) is 0 Å². The lowest BCUT2D eigenvalue weighted by Gasteiger charge is -2.09. The number of hydrogen-bond acceptors (Lipinski definition) is 3. The molecule has 0 saturated carbocycles. The fourth-order valence-electron chi connectivity index (χ4n) is 3.57. The molecule has 7 heteroatoms. The van der Waals surface area contributed by atoms with Crippen LogP contribution in [0.4, 0.5) is 0 Å². The summed E-state index contributed by atoms with van der Waals surface area (Å²) >= 11 is 6.32. The van der Waals surface area contributed by atoms with Crippen molar-refractivity contribution in [3.63, 3.8) is 0 Å². The van der Waals surface area contributed by atoms with Gasteiger partial charge in [0.1, 0.15) is 5.52 Å². The Kier molecular flexibility index (Phi) is 3.98. The van der Waals surface area contributed by atoms with Crippen LogP contribution in [0.2, 0.25) is 5.15 Å². The first-order chi connectivity index (χ1) is 13.7.